The highest BCUT2D eigenvalue weighted by atomic mass is 79.9. The molecule has 0 atom stereocenters. The lowest BCUT2D eigenvalue weighted by Crippen LogP contribution is -2.23. The van der Waals surface area contributed by atoms with E-state index in [-0.39, 0.29) is 0 Å². The Morgan fingerprint density at radius 2 is 1.87 bits per heavy atom. The van der Waals surface area contributed by atoms with Gasteiger partial charge >= 0.3 is 0 Å². The van der Waals surface area contributed by atoms with E-state index in [9.17, 15) is 0 Å². The van der Waals surface area contributed by atoms with Crippen LogP contribution >= 0.6 is 15.9 Å². The van der Waals surface area contributed by atoms with Crippen LogP contribution in [0.3, 0.4) is 0 Å². The topological polar surface area (TPSA) is 3.24 Å². The van der Waals surface area contributed by atoms with Crippen molar-refractivity contribution in [2.24, 2.45) is 0 Å². The Kier molecular flexibility index (Phi) is 4.63. The first-order chi connectivity index (χ1) is 7.19. The van der Waals surface area contributed by atoms with E-state index < -0.39 is 0 Å². The summed E-state index contributed by atoms with van der Waals surface area (Å²) < 4.78 is 1.12. The number of nitrogens with zero attached hydrogens (tertiary/aromatic N) is 1. The lowest BCUT2D eigenvalue weighted by Gasteiger charge is -2.23. The van der Waals surface area contributed by atoms with Crippen LogP contribution in [0.4, 0.5) is 5.69 Å². The maximum atomic E-state index is 3.76. The van der Waals surface area contributed by atoms with Gasteiger partial charge in [-0.2, -0.15) is 0 Å². The molecule has 2 heteroatoms. The molecule has 0 aromatic heterocycles. The molecule has 1 rings (SSSR count). The van der Waals surface area contributed by atoms with Crippen LogP contribution < -0.4 is 4.90 Å². The SMILES string of the molecule is C=CCN(CC=C)c1ccc(C)cc1Br. The van der Waals surface area contributed by atoms with Crippen molar-refractivity contribution in [3.8, 4) is 0 Å². The van der Waals surface area contributed by atoms with E-state index in [0.717, 1.165) is 17.6 Å². The van der Waals surface area contributed by atoms with E-state index in [1.807, 2.05) is 12.2 Å². The molecular formula is C13H16BrN. The van der Waals surface area contributed by atoms with E-state index >= 15 is 0 Å². The zero-order chi connectivity index (χ0) is 11.3. The van der Waals surface area contributed by atoms with E-state index in [4.69, 9.17) is 0 Å². The fourth-order valence-electron chi connectivity index (χ4n) is 1.45. The maximum absolute atomic E-state index is 3.76. The fraction of sp³-hybridized carbons (Fsp3) is 0.231. The van der Waals surface area contributed by atoms with Gasteiger partial charge in [-0.15, -0.1) is 13.2 Å². The zero-order valence-electron chi connectivity index (χ0n) is 9.04. The number of benzene rings is 1. The summed E-state index contributed by atoms with van der Waals surface area (Å²) in [6.45, 7) is 11.3. The van der Waals surface area contributed by atoms with Crippen LogP contribution in [0.2, 0.25) is 0 Å². The highest BCUT2D eigenvalue weighted by Crippen LogP contribution is 2.27. The first-order valence-corrected chi connectivity index (χ1v) is 5.71. The normalized spacial score (nSPS) is 9.73. The van der Waals surface area contributed by atoms with Crippen LogP contribution in [-0.4, -0.2) is 13.1 Å². The summed E-state index contributed by atoms with van der Waals surface area (Å²) >= 11 is 3.58. The molecule has 0 N–H and O–H groups in total. The van der Waals surface area contributed by atoms with Gasteiger partial charge in [-0.3, -0.25) is 0 Å². The fourth-order valence-corrected chi connectivity index (χ4v) is 2.20. The second-order valence-electron chi connectivity index (χ2n) is 3.44. The molecule has 0 aliphatic heterocycles. The Morgan fingerprint density at radius 1 is 1.27 bits per heavy atom. The first kappa shape index (κ1) is 12.1. The highest BCUT2D eigenvalue weighted by molar-refractivity contribution is 9.10. The van der Waals surface area contributed by atoms with E-state index in [2.05, 4.69) is 59.1 Å². The number of anilines is 1. The van der Waals surface area contributed by atoms with Gasteiger partial charge in [0.1, 0.15) is 0 Å². The van der Waals surface area contributed by atoms with Crippen molar-refractivity contribution in [2.45, 2.75) is 6.92 Å². The molecule has 0 fully saturated rings. The predicted molar refractivity (Wildman–Crippen MR) is 71.5 cm³/mol. The Bertz CT molecular complexity index is 348. The van der Waals surface area contributed by atoms with Gasteiger partial charge in [0.2, 0.25) is 0 Å². The van der Waals surface area contributed by atoms with Crippen molar-refractivity contribution in [2.75, 3.05) is 18.0 Å². The highest BCUT2D eigenvalue weighted by Gasteiger charge is 2.06. The summed E-state index contributed by atoms with van der Waals surface area (Å²) in [5, 5.41) is 0. The van der Waals surface area contributed by atoms with E-state index in [1.54, 1.807) is 0 Å². The van der Waals surface area contributed by atoms with Gasteiger partial charge in [0.05, 0.1) is 5.69 Å². The molecule has 0 saturated heterocycles. The second kappa shape index (κ2) is 5.76. The second-order valence-corrected chi connectivity index (χ2v) is 4.29. The van der Waals surface area contributed by atoms with Crippen molar-refractivity contribution in [1.29, 1.82) is 0 Å². The smallest absolute Gasteiger partial charge is 0.0516 e. The molecule has 0 radical (unpaired) electrons. The monoisotopic (exact) mass is 265 g/mol. The van der Waals surface area contributed by atoms with Crippen molar-refractivity contribution in [1.82, 2.24) is 0 Å². The molecule has 1 nitrogen and oxygen atoms in total. The van der Waals surface area contributed by atoms with Crippen LogP contribution in [-0.2, 0) is 0 Å². The number of halogens is 1. The van der Waals surface area contributed by atoms with Gasteiger partial charge in [-0.1, -0.05) is 18.2 Å². The molecule has 0 aliphatic carbocycles. The van der Waals surface area contributed by atoms with Gasteiger partial charge in [0.15, 0.2) is 0 Å². The molecular weight excluding hydrogens is 250 g/mol. The maximum Gasteiger partial charge on any atom is 0.0516 e. The molecule has 1 aromatic rings. The minimum atomic E-state index is 0.827. The van der Waals surface area contributed by atoms with Gasteiger partial charge in [-0.05, 0) is 40.5 Å². The number of rotatable bonds is 5. The van der Waals surface area contributed by atoms with Crippen molar-refractivity contribution < 1.29 is 0 Å². The first-order valence-electron chi connectivity index (χ1n) is 4.92. The summed E-state index contributed by atoms with van der Waals surface area (Å²) in [5.41, 5.74) is 2.43. The quantitative estimate of drug-likeness (QED) is 0.730. The summed E-state index contributed by atoms with van der Waals surface area (Å²) in [4.78, 5) is 2.21. The minimum absolute atomic E-state index is 0.827. The van der Waals surface area contributed by atoms with E-state index in [0.29, 0.717) is 0 Å². The van der Waals surface area contributed by atoms with Crippen molar-refractivity contribution in [3.63, 3.8) is 0 Å². The molecule has 80 valence electrons. The number of aryl methyl sites for hydroxylation is 1. The molecule has 0 aliphatic rings. The summed E-state index contributed by atoms with van der Waals surface area (Å²) in [7, 11) is 0. The summed E-state index contributed by atoms with van der Waals surface area (Å²) in [5.74, 6) is 0. The molecule has 0 spiro atoms. The largest absolute Gasteiger partial charge is 0.363 e. The zero-order valence-corrected chi connectivity index (χ0v) is 10.6. The van der Waals surface area contributed by atoms with Crippen LogP contribution in [0.25, 0.3) is 0 Å². The van der Waals surface area contributed by atoms with Crippen LogP contribution in [0.1, 0.15) is 5.56 Å². The minimum Gasteiger partial charge on any atom is -0.363 e. The predicted octanol–water partition coefficient (Wildman–Crippen LogP) is 3.94. The van der Waals surface area contributed by atoms with Gasteiger partial charge < -0.3 is 4.90 Å². The molecule has 15 heavy (non-hydrogen) atoms. The Balaban J connectivity index is 2.98. The van der Waals surface area contributed by atoms with Crippen molar-refractivity contribution >= 4 is 21.6 Å². The van der Waals surface area contributed by atoms with Crippen LogP contribution in [0.15, 0.2) is 48.0 Å². The Morgan fingerprint density at radius 3 is 2.33 bits per heavy atom. The van der Waals surface area contributed by atoms with E-state index in [1.165, 1.54) is 11.3 Å². The third kappa shape index (κ3) is 3.24. The summed E-state index contributed by atoms with van der Waals surface area (Å²) in [6, 6.07) is 6.35. The molecule has 1 aromatic carbocycles. The Labute approximate surface area is 100 Å². The van der Waals surface area contributed by atoms with Crippen LogP contribution in [0, 0.1) is 6.92 Å². The molecule has 0 unspecified atom stereocenters. The number of hydrogen-bond acceptors (Lipinski definition) is 1. The van der Waals surface area contributed by atoms with Gasteiger partial charge in [-0.25, -0.2) is 0 Å². The van der Waals surface area contributed by atoms with Crippen LogP contribution in [0.5, 0.6) is 0 Å². The third-order valence-electron chi connectivity index (χ3n) is 2.14. The Hall–Kier alpha value is -1.02. The molecule has 0 saturated carbocycles. The molecule has 0 bridgehead atoms. The van der Waals surface area contributed by atoms with Gasteiger partial charge in [0, 0.05) is 17.6 Å². The summed E-state index contributed by atoms with van der Waals surface area (Å²) in [6.07, 6.45) is 3.80. The van der Waals surface area contributed by atoms with Crippen molar-refractivity contribution in [3.05, 3.63) is 53.5 Å². The lowest BCUT2D eigenvalue weighted by atomic mass is 10.2. The van der Waals surface area contributed by atoms with Gasteiger partial charge in [0.25, 0.3) is 0 Å². The third-order valence-corrected chi connectivity index (χ3v) is 2.78. The number of hydrogen-bond donors (Lipinski definition) is 0. The molecule has 0 heterocycles. The average Bonchev–Trinajstić information content (AvgIpc) is 2.17. The average molecular weight is 266 g/mol. The lowest BCUT2D eigenvalue weighted by molar-refractivity contribution is 0.952. The molecule has 0 amide bonds. The standard InChI is InChI=1S/C13H16BrN/c1-4-8-15(9-5-2)13-7-6-11(3)10-12(13)14/h4-7,10H,1-2,8-9H2,3H3.